The van der Waals surface area contributed by atoms with Crippen LogP contribution in [-0.2, 0) is 4.79 Å². The first-order chi connectivity index (χ1) is 9.49. The van der Waals surface area contributed by atoms with E-state index in [0.717, 1.165) is 32.0 Å². The summed E-state index contributed by atoms with van der Waals surface area (Å²) in [5.41, 5.74) is 0. The SMILES string of the molecule is CC(C)c1nnc(SCC(=O)N2CCN(C)CC2)n1N. The maximum Gasteiger partial charge on any atom is 0.233 e. The van der Waals surface area contributed by atoms with Crippen molar-refractivity contribution in [1.29, 1.82) is 0 Å². The fraction of sp³-hybridized carbons (Fsp3) is 0.750. The number of nitrogens with two attached hydrogens (primary N) is 1. The zero-order valence-corrected chi connectivity index (χ0v) is 13.1. The van der Waals surface area contributed by atoms with Gasteiger partial charge in [0, 0.05) is 32.1 Å². The predicted molar refractivity (Wildman–Crippen MR) is 79.1 cm³/mol. The van der Waals surface area contributed by atoms with E-state index >= 15 is 0 Å². The van der Waals surface area contributed by atoms with Gasteiger partial charge in [-0.2, -0.15) is 0 Å². The minimum absolute atomic E-state index is 0.136. The largest absolute Gasteiger partial charge is 0.339 e. The first kappa shape index (κ1) is 15.1. The maximum atomic E-state index is 12.1. The van der Waals surface area contributed by atoms with E-state index in [1.807, 2.05) is 18.7 Å². The molecule has 2 heterocycles. The number of hydrogen-bond donors (Lipinski definition) is 1. The molecule has 0 radical (unpaired) electrons. The lowest BCUT2D eigenvalue weighted by Gasteiger charge is -2.32. The number of nitrogen functional groups attached to an aromatic ring is 1. The van der Waals surface area contributed by atoms with E-state index in [2.05, 4.69) is 22.1 Å². The molecule has 112 valence electrons. The third kappa shape index (κ3) is 3.43. The number of rotatable bonds is 4. The zero-order chi connectivity index (χ0) is 14.7. The van der Waals surface area contributed by atoms with E-state index in [9.17, 15) is 4.79 Å². The van der Waals surface area contributed by atoms with Crippen molar-refractivity contribution in [3.63, 3.8) is 0 Å². The monoisotopic (exact) mass is 298 g/mol. The number of likely N-dealkylation sites (N-methyl/N-ethyl adjacent to an activating group) is 1. The van der Waals surface area contributed by atoms with Gasteiger partial charge in [0.25, 0.3) is 0 Å². The summed E-state index contributed by atoms with van der Waals surface area (Å²) in [5, 5.41) is 8.68. The lowest BCUT2D eigenvalue weighted by atomic mass is 10.2. The smallest absolute Gasteiger partial charge is 0.233 e. The van der Waals surface area contributed by atoms with Crippen LogP contribution >= 0.6 is 11.8 Å². The van der Waals surface area contributed by atoms with Crippen LogP contribution in [0.15, 0.2) is 5.16 Å². The standard InChI is InChI=1S/C12H22N6OS/c1-9(2)11-14-15-12(18(11)13)20-8-10(19)17-6-4-16(3)5-7-17/h9H,4-8,13H2,1-3H3. The van der Waals surface area contributed by atoms with Gasteiger partial charge in [-0.1, -0.05) is 25.6 Å². The third-order valence-corrected chi connectivity index (χ3v) is 4.32. The van der Waals surface area contributed by atoms with Gasteiger partial charge in [0.15, 0.2) is 5.82 Å². The normalized spacial score (nSPS) is 16.9. The van der Waals surface area contributed by atoms with Gasteiger partial charge in [0.05, 0.1) is 5.75 Å². The molecule has 1 aliphatic rings. The van der Waals surface area contributed by atoms with Crippen molar-refractivity contribution in [2.45, 2.75) is 24.9 Å². The molecule has 0 unspecified atom stereocenters. The Hall–Kier alpha value is -1.28. The molecule has 1 aromatic rings. The van der Waals surface area contributed by atoms with Crippen molar-refractivity contribution in [2.75, 3.05) is 44.8 Å². The van der Waals surface area contributed by atoms with Crippen LogP contribution in [0.25, 0.3) is 0 Å². The molecular weight excluding hydrogens is 276 g/mol. The zero-order valence-electron chi connectivity index (χ0n) is 12.2. The fourth-order valence-corrected chi connectivity index (χ4v) is 2.82. The summed E-state index contributed by atoms with van der Waals surface area (Å²) >= 11 is 1.35. The highest BCUT2D eigenvalue weighted by atomic mass is 32.2. The van der Waals surface area contributed by atoms with Gasteiger partial charge >= 0.3 is 0 Å². The molecule has 0 saturated carbocycles. The highest BCUT2D eigenvalue weighted by Crippen LogP contribution is 2.19. The molecule has 0 aromatic carbocycles. The quantitative estimate of drug-likeness (QED) is 0.622. The van der Waals surface area contributed by atoms with Crippen molar-refractivity contribution < 1.29 is 4.79 Å². The molecule has 1 aliphatic heterocycles. The van der Waals surface area contributed by atoms with Crippen LogP contribution in [0.2, 0.25) is 0 Å². The molecule has 0 aliphatic carbocycles. The van der Waals surface area contributed by atoms with Gasteiger partial charge in [-0.25, -0.2) is 4.68 Å². The van der Waals surface area contributed by atoms with Gasteiger partial charge in [-0.3, -0.25) is 4.79 Å². The van der Waals surface area contributed by atoms with Crippen molar-refractivity contribution in [3.8, 4) is 0 Å². The lowest BCUT2D eigenvalue weighted by Crippen LogP contribution is -2.47. The molecule has 20 heavy (non-hydrogen) atoms. The average Bonchev–Trinajstić information content (AvgIpc) is 2.78. The second-order valence-electron chi connectivity index (χ2n) is 5.34. The molecule has 2 rings (SSSR count). The highest BCUT2D eigenvalue weighted by molar-refractivity contribution is 7.99. The van der Waals surface area contributed by atoms with Crippen molar-refractivity contribution in [1.82, 2.24) is 24.7 Å². The van der Waals surface area contributed by atoms with E-state index < -0.39 is 0 Å². The van der Waals surface area contributed by atoms with E-state index in [-0.39, 0.29) is 11.8 Å². The number of carbonyl (C=O) groups is 1. The number of nitrogens with zero attached hydrogens (tertiary/aromatic N) is 5. The Morgan fingerprint density at radius 2 is 1.95 bits per heavy atom. The first-order valence-electron chi connectivity index (χ1n) is 6.78. The van der Waals surface area contributed by atoms with E-state index in [1.165, 1.54) is 16.4 Å². The Morgan fingerprint density at radius 1 is 1.30 bits per heavy atom. The second-order valence-corrected chi connectivity index (χ2v) is 6.28. The molecule has 2 N–H and O–H groups in total. The number of thioether (sulfide) groups is 1. The summed E-state index contributed by atoms with van der Waals surface area (Å²) in [6.07, 6.45) is 0. The second kappa shape index (κ2) is 6.45. The van der Waals surface area contributed by atoms with Gasteiger partial charge in [-0.15, -0.1) is 10.2 Å². The van der Waals surface area contributed by atoms with Crippen LogP contribution in [0, 0.1) is 0 Å². The summed E-state index contributed by atoms with van der Waals surface area (Å²) in [4.78, 5) is 16.2. The molecule has 0 spiro atoms. The molecule has 1 aromatic heterocycles. The van der Waals surface area contributed by atoms with Crippen LogP contribution < -0.4 is 5.84 Å². The molecule has 0 bridgehead atoms. The van der Waals surface area contributed by atoms with Crippen LogP contribution in [0.1, 0.15) is 25.6 Å². The Morgan fingerprint density at radius 3 is 2.50 bits per heavy atom. The number of carbonyl (C=O) groups excluding carboxylic acids is 1. The highest BCUT2D eigenvalue weighted by Gasteiger charge is 2.20. The number of amides is 1. The van der Waals surface area contributed by atoms with Crippen LogP contribution in [0.4, 0.5) is 0 Å². The van der Waals surface area contributed by atoms with E-state index in [4.69, 9.17) is 5.84 Å². The van der Waals surface area contributed by atoms with Gasteiger partial charge in [0.2, 0.25) is 11.1 Å². The van der Waals surface area contributed by atoms with E-state index in [1.54, 1.807) is 0 Å². The van der Waals surface area contributed by atoms with Crippen molar-refractivity contribution >= 4 is 17.7 Å². The van der Waals surface area contributed by atoms with Crippen LogP contribution in [0.5, 0.6) is 0 Å². The van der Waals surface area contributed by atoms with Crippen molar-refractivity contribution in [3.05, 3.63) is 5.82 Å². The van der Waals surface area contributed by atoms with Crippen molar-refractivity contribution in [2.24, 2.45) is 0 Å². The maximum absolute atomic E-state index is 12.1. The first-order valence-corrected chi connectivity index (χ1v) is 7.77. The Bertz CT molecular complexity index is 467. The summed E-state index contributed by atoms with van der Waals surface area (Å²) in [6.45, 7) is 7.47. The molecular formula is C12H22N6OS. The average molecular weight is 298 g/mol. The molecule has 1 fully saturated rings. The summed E-state index contributed by atoms with van der Waals surface area (Å²) in [5.74, 6) is 7.37. The van der Waals surface area contributed by atoms with Gasteiger partial charge in [0.1, 0.15) is 0 Å². The molecule has 1 amide bonds. The number of hydrogen-bond acceptors (Lipinski definition) is 6. The van der Waals surface area contributed by atoms with Gasteiger partial charge < -0.3 is 15.6 Å². The topological polar surface area (TPSA) is 80.3 Å². The summed E-state index contributed by atoms with van der Waals surface area (Å²) in [7, 11) is 2.07. The third-order valence-electron chi connectivity index (χ3n) is 3.39. The molecule has 8 heteroatoms. The minimum Gasteiger partial charge on any atom is -0.339 e. The minimum atomic E-state index is 0.136. The lowest BCUT2D eigenvalue weighted by molar-refractivity contribution is -0.129. The Kier molecular flexibility index (Phi) is 4.87. The van der Waals surface area contributed by atoms with Crippen LogP contribution in [-0.4, -0.2) is 69.6 Å². The number of aromatic nitrogens is 3. The Balaban J connectivity index is 1.87. The molecule has 1 saturated heterocycles. The summed E-state index contributed by atoms with van der Waals surface area (Å²) < 4.78 is 1.48. The molecule has 7 nitrogen and oxygen atoms in total. The summed E-state index contributed by atoms with van der Waals surface area (Å²) in [6, 6.07) is 0. The van der Waals surface area contributed by atoms with E-state index in [0.29, 0.717) is 10.9 Å². The fourth-order valence-electron chi connectivity index (χ4n) is 2.05. The van der Waals surface area contributed by atoms with Crippen LogP contribution in [0.3, 0.4) is 0 Å². The molecule has 0 atom stereocenters. The Labute approximate surface area is 123 Å². The number of piperazine rings is 1. The predicted octanol–water partition coefficient (Wildman–Crippen LogP) is -0.0186. The van der Waals surface area contributed by atoms with Gasteiger partial charge in [-0.05, 0) is 7.05 Å².